The van der Waals surface area contributed by atoms with Gasteiger partial charge in [0.15, 0.2) is 0 Å². The van der Waals surface area contributed by atoms with Crippen molar-refractivity contribution in [3.05, 3.63) is 0 Å². The molecule has 2 aliphatic rings. The number of urea groups is 1. The monoisotopic (exact) mass is 321 g/mol. The number of halogens is 3. The number of amides is 4. The highest BCUT2D eigenvalue weighted by atomic mass is 19.4. The van der Waals surface area contributed by atoms with Crippen LogP contribution in [0.15, 0.2) is 0 Å². The van der Waals surface area contributed by atoms with Gasteiger partial charge in [0.1, 0.15) is 18.6 Å². The fraction of sp³-hybridized carbons (Fsp3) is 0.769. The second-order valence-corrected chi connectivity index (χ2v) is 5.98. The van der Waals surface area contributed by atoms with Crippen LogP contribution in [0.1, 0.15) is 32.6 Å². The number of nitrogens with zero attached hydrogens (tertiary/aromatic N) is 1. The molecule has 6 nitrogen and oxygen atoms in total. The molecule has 0 aromatic carbocycles. The van der Waals surface area contributed by atoms with Gasteiger partial charge in [-0.25, -0.2) is 4.79 Å². The summed E-state index contributed by atoms with van der Waals surface area (Å²) in [5.74, 6) is -1.08. The number of carbonyl (C=O) groups is 3. The molecule has 2 rings (SSSR count). The zero-order valence-corrected chi connectivity index (χ0v) is 12.1. The van der Waals surface area contributed by atoms with Crippen molar-refractivity contribution in [1.82, 2.24) is 15.5 Å². The average molecular weight is 321 g/mol. The van der Waals surface area contributed by atoms with E-state index in [1.165, 1.54) is 0 Å². The molecule has 1 saturated heterocycles. The van der Waals surface area contributed by atoms with Gasteiger partial charge in [0.25, 0.3) is 5.91 Å². The fourth-order valence-electron chi connectivity index (χ4n) is 2.81. The van der Waals surface area contributed by atoms with Crippen molar-refractivity contribution in [2.75, 3.05) is 13.1 Å². The average Bonchev–Trinajstić information content (AvgIpc) is 2.64. The van der Waals surface area contributed by atoms with Crippen LogP contribution in [0.25, 0.3) is 0 Å². The maximum absolute atomic E-state index is 12.4. The third-order valence-corrected chi connectivity index (χ3v) is 4.16. The van der Waals surface area contributed by atoms with Gasteiger partial charge in [-0.2, -0.15) is 13.2 Å². The van der Waals surface area contributed by atoms with E-state index in [0.29, 0.717) is 23.7 Å². The van der Waals surface area contributed by atoms with Gasteiger partial charge in [-0.15, -0.1) is 0 Å². The Morgan fingerprint density at radius 1 is 1.36 bits per heavy atom. The summed E-state index contributed by atoms with van der Waals surface area (Å²) >= 11 is 0. The Labute approximate surface area is 125 Å². The second-order valence-electron chi connectivity index (χ2n) is 5.98. The molecule has 0 unspecified atom stereocenters. The molecule has 1 heterocycles. The largest absolute Gasteiger partial charge is 0.405 e. The van der Waals surface area contributed by atoms with Crippen molar-refractivity contribution in [1.29, 1.82) is 0 Å². The predicted molar refractivity (Wildman–Crippen MR) is 69.7 cm³/mol. The normalized spacial score (nSPS) is 28.9. The molecule has 2 N–H and O–H groups in total. The molecule has 1 saturated carbocycles. The van der Waals surface area contributed by atoms with Gasteiger partial charge in [0, 0.05) is 0 Å². The van der Waals surface area contributed by atoms with E-state index in [-0.39, 0.29) is 0 Å². The third-order valence-electron chi connectivity index (χ3n) is 4.16. The Kier molecular flexibility index (Phi) is 4.35. The molecule has 0 bridgehead atoms. The van der Waals surface area contributed by atoms with E-state index in [4.69, 9.17) is 0 Å². The van der Waals surface area contributed by atoms with Crippen LogP contribution in [0, 0.1) is 5.92 Å². The summed E-state index contributed by atoms with van der Waals surface area (Å²) < 4.78 is 36.1. The number of alkyl halides is 3. The van der Waals surface area contributed by atoms with Gasteiger partial charge in [0.05, 0.1) is 0 Å². The van der Waals surface area contributed by atoms with E-state index >= 15 is 0 Å². The lowest BCUT2D eigenvalue weighted by atomic mass is 9.77. The molecule has 4 amide bonds. The topological polar surface area (TPSA) is 78.5 Å². The fourth-order valence-corrected chi connectivity index (χ4v) is 2.81. The summed E-state index contributed by atoms with van der Waals surface area (Å²) in [4.78, 5) is 36.4. The molecular formula is C13H18F3N3O3. The van der Waals surface area contributed by atoms with E-state index in [9.17, 15) is 27.6 Å². The number of rotatable bonds is 3. The minimum Gasteiger partial charge on any atom is -0.345 e. The van der Waals surface area contributed by atoms with Crippen LogP contribution in [0.3, 0.4) is 0 Å². The predicted octanol–water partition coefficient (Wildman–Crippen LogP) is 1.17. The molecule has 0 radical (unpaired) electrons. The lowest BCUT2D eigenvalue weighted by Crippen LogP contribution is -2.50. The number of hydrogen-bond acceptors (Lipinski definition) is 3. The Hall–Kier alpha value is -1.80. The van der Waals surface area contributed by atoms with Crippen LogP contribution in [-0.4, -0.2) is 47.6 Å². The van der Waals surface area contributed by atoms with Crippen molar-refractivity contribution < 1.29 is 27.6 Å². The summed E-state index contributed by atoms with van der Waals surface area (Å²) in [5, 5.41) is 4.25. The van der Waals surface area contributed by atoms with Crippen LogP contribution >= 0.6 is 0 Å². The summed E-state index contributed by atoms with van der Waals surface area (Å²) in [6.07, 6.45) is -2.01. The minimum absolute atomic E-state index is 0.458. The van der Waals surface area contributed by atoms with Gasteiger partial charge in [-0.1, -0.05) is 6.92 Å². The Morgan fingerprint density at radius 3 is 2.50 bits per heavy atom. The summed E-state index contributed by atoms with van der Waals surface area (Å²) in [6, 6.07) is -0.721. The van der Waals surface area contributed by atoms with Crippen molar-refractivity contribution in [3.63, 3.8) is 0 Å². The number of hydrogen-bond donors (Lipinski definition) is 2. The van der Waals surface area contributed by atoms with E-state index in [1.807, 2.05) is 0 Å². The molecule has 9 heteroatoms. The Morgan fingerprint density at radius 2 is 1.95 bits per heavy atom. The lowest BCUT2D eigenvalue weighted by molar-refractivity contribution is -0.141. The first-order valence-electron chi connectivity index (χ1n) is 7.10. The summed E-state index contributed by atoms with van der Waals surface area (Å²) in [7, 11) is 0. The van der Waals surface area contributed by atoms with Gasteiger partial charge in [0.2, 0.25) is 5.91 Å². The zero-order chi connectivity index (χ0) is 16.5. The third kappa shape index (κ3) is 3.50. The highest BCUT2D eigenvalue weighted by molar-refractivity contribution is 6.09. The molecule has 1 aliphatic heterocycles. The summed E-state index contributed by atoms with van der Waals surface area (Å²) in [6.45, 7) is -0.132. The molecular weight excluding hydrogens is 303 g/mol. The zero-order valence-electron chi connectivity index (χ0n) is 12.1. The van der Waals surface area contributed by atoms with E-state index in [1.54, 1.807) is 5.32 Å². The van der Waals surface area contributed by atoms with Crippen molar-refractivity contribution in [3.8, 4) is 0 Å². The van der Waals surface area contributed by atoms with E-state index in [0.717, 1.165) is 12.8 Å². The van der Waals surface area contributed by atoms with Crippen LogP contribution < -0.4 is 10.6 Å². The maximum Gasteiger partial charge on any atom is 0.405 e. The van der Waals surface area contributed by atoms with Gasteiger partial charge >= 0.3 is 12.2 Å². The van der Waals surface area contributed by atoms with Crippen molar-refractivity contribution in [2.24, 2.45) is 5.92 Å². The van der Waals surface area contributed by atoms with E-state index < -0.39 is 42.7 Å². The quantitative estimate of drug-likeness (QED) is 0.766. The summed E-state index contributed by atoms with van der Waals surface area (Å²) in [5.41, 5.74) is -0.992. The number of nitrogens with one attached hydrogen (secondary N) is 2. The van der Waals surface area contributed by atoms with Crippen LogP contribution in [0.2, 0.25) is 0 Å². The number of imide groups is 1. The first-order chi connectivity index (χ1) is 10.1. The molecule has 0 aromatic rings. The van der Waals surface area contributed by atoms with Gasteiger partial charge < -0.3 is 10.6 Å². The highest BCUT2D eigenvalue weighted by Gasteiger charge is 2.52. The Bertz CT molecular complexity index is 485. The van der Waals surface area contributed by atoms with Crippen LogP contribution in [0.5, 0.6) is 0 Å². The molecule has 124 valence electrons. The van der Waals surface area contributed by atoms with Gasteiger partial charge in [-0.05, 0) is 31.6 Å². The first-order valence-corrected chi connectivity index (χ1v) is 7.10. The minimum atomic E-state index is -4.53. The SMILES string of the molecule is CC1CCC2(CC1)NC(=O)N(CC(=O)NCC(F)(F)F)C2=O. The smallest absolute Gasteiger partial charge is 0.345 e. The van der Waals surface area contributed by atoms with Crippen LogP contribution in [0.4, 0.5) is 18.0 Å². The van der Waals surface area contributed by atoms with E-state index in [2.05, 4.69) is 12.2 Å². The molecule has 22 heavy (non-hydrogen) atoms. The lowest BCUT2D eigenvalue weighted by Gasteiger charge is -2.33. The Balaban J connectivity index is 1.96. The molecule has 1 aliphatic carbocycles. The number of carbonyl (C=O) groups excluding carboxylic acids is 3. The highest BCUT2D eigenvalue weighted by Crippen LogP contribution is 2.36. The first kappa shape index (κ1) is 16.6. The maximum atomic E-state index is 12.4. The molecule has 1 spiro atoms. The molecule has 0 atom stereocenters. The van der Waals surface area contributed by atoms with Crippen LogP contribution in [-0.2, 0) is 9.59 Å². The van der Waals surface area contributed by atoms with Crippen molar-refractivity contribution >= 4 is 17.8 Å². The standard InChI is InChI=1S/C13H18F3N3O3/c1-8-2-4-12(5-3-8)10(21)19(11(22)18-12)6-9(20)17-7-13(14,15)16/h8H,2-7H2,1H3,(H,17,20)(H,18,22). The second kappa shape index (κ2) is 5.77. The van der Waals surface area contributed by atoms with Gasteiger partial charge in [-0.3, -0.25) is 14.5 Å². The van der Waals surface area contributed by atoms with Crippen molar-refractivity contribution in [2.45, 2.75) is 44.3 Å². The molecule has 2 fully saturated rings. The molecule has 0 aromatic heterocycles.